The zero-order chi connectivity index (χ0) is 13.4. The molecule has 3 N–H and O–H groups in total. The fraction of sp³-hybridized carbons (Fsp3) is 0.556. The molecule has 3 unspecified atom stereocenters. The van der Waals surface area contributed by atoms with Gasteiger partial charge in [-0.15, -0.1) is 0 Å². The van der Waals surface area contributed by atoms with Crippen molar-refractivity contribution in [1.82, 2.24) is 9.55 Å². The molecule has 1 fully saturated rings. The summed E-state index contributed by atoms with van der Waals surface area (Å²) in [6.07, 6.45) is -3.58. The van der Waals surface area contributed by atoms with Gasteiger partial charge in [-0.1, -0.05) is 0 Å². The molecule has 1 aromatic heterocycles. The van der Waals surface area contributed by atoms with E-state index < -0.39 is 48.1 Å². The number of halogens is 2. The van der Waals surface area contributed by atoms with Crippen LogP contribution in [0.2, 0.25) is 0 Å². The van der Waals surface area contributed by atoms with Gasteiger partial charge >= 0.3 is 5.69 Å². The zero-order valence-electron chi connectivity index (χ0n) is 8.97. The lowest BCUT2D eigenvalue weighted by Crippen LogP contribution is -2.37. The fourth-order valence-electron chi connectivity index (χ4n) is 1.80. The molecule has 1 saturated heterocycles. The molecule has 0 radical (unpaired) electrons. The highest BCUT2D eigenvalue weighted by Crippen LogP contribution is 2.27. The molecule has 2 heterocycles. The van der Waals surface area contributed by atoms with E-state index in [1.807, 2.05) is 0 Å². The maximum Gasteiger partial charge on any atom is 0.332 e. The quantitative estimate of drug-likeness (QED) is 0.561. The van der Waals surface area contributed by atoms with Crippen LogP contribution < -0.4 is 11.2 Å². The summed E-state index contributed by atoms with van der Waals surface area (Å²) in [5, 5.41) is 18.3. The van der Waals surface area contributed by atoms with Gasteiger partial charge in [0, 0.05) is 6.42 Å². The summed E-state index contributed by atoms with van der Waals surface area (Å²) >= 11 is 0. The summed E-state index contributed by atoms with van der Waals surface area (Å²) in [7, 11) is 0. The number of nitrogens with zero attached hydrogens (tertiary/aromatic N) is 1. The minimum Gasteiger partial charge on any atom is -0.394 e. The van der Waals surface area contributed by atoms with E-state index in [1.165, 1.54) is 0 Å². The van der Waals surface area contributed by atoms with Crippen LogP contribution >= 0.6 is 0 Å². The summed E-state index contributed by atoms with van der Waals surface area (Å²) in [6, 6.07) is 0. The normalized spacial score (nSPS) is 27.7. The number of nitrogens with one attached hydrogen (secondary N) is 1. The van der Waals surface area contributed by atoms with Crippen LogP contribution in [-0.2, 0) is 4.74 Å². The lowest BCUT2D eigenvalue weighted by atomic mass is 10.2. The number of rotatable bonds is 2. The van der Waals surface area contributed by atoms with E-state index in [9.17, 15) is 23.5 Å². The average molecular weight is 264 g/mol. The van der Waals surface area contributed by atoms with Crippen LogP contribution in [-0.4, -0.2) is 38.6 Å². The summed E-state index contributed by atoms with van der Waals surface area (Å²) in [6.45, 7) is -0.528. The third kappa shape index (κ3) is 1.96. The third-order valence-electron chi connectivity index (χ3n) is 2.70. The topological polar surface area (TPSA) is 105 Å². The number of H-pyrrole nitrogens is 1. The van der Waals surface area contributed by atoms with Gasteiger partial charge in [-0.25, -0.2) is 9.36 Å². The molecule has 0 bridgehead atoms. The Kier molecular flexibility index (Phi) is 3.28. The molecule has 2 rings (SSSR count). The highest BCUT2D eigenvalue weighted by molar-refractivity contribution is 4.94. The molecule has 1 aliphatic rings. The van der Waals surface area contributed by atoms with Crippen LogP contribution in [0, 0.1) is 11.8 Å². The molecule has 0 aliphatic carbocycles. The zero-order valence-corrected chi connectivity index (χ0v) is 8.97. The second-order valence-corrected chi connectivity index (χ2v) is 3.85. The van der Waals surface area contributed by atoms with Gasteiger partial charge in [0.25, 0.3) is 5.56 Å². The first-order valence-electron chi connectivity index (χ1n) is 5.10. The minimum absolute atomic E-state index is 0.201. The van der Waals surface area contributed by atoms with Gasteiger partial charge in [-0.05, 0) is 0 Å². The van der Waals surface area contributed by atoms with E-state index in [0.717, 1.165) is 0 Å². The second-order valence-electron chi connectivity index (χ2n) is 3.85. The number of aromatic amines is 1. The lowest BCUT2D eigenvalue weighted by Gasteiger charge is -2.15. The molecule has 1 aliphatic heterocycles. The molecule has 3 atom stereocenters. The molecular formula is C9H10F2N2O5. The minimum atomic E-state index is -1.74. The van der Waals surface area contributed by atoms with Crippen molar-refractivity contribution < 1.29 is 23.7 Å². The van der Waals surface area contributed by atoms with Crippen LogP contribution in [0.1, 0.15) is 12.6 Å². The smallest absolute Gasteiger partial charge is 0.332 e. The average Bonchev–Trinajstić information content (AvgIpc) is 2.67. The second kappa shape index (κ2) is 4.59. The monoisotopic (exact) mass is 264 g/mol. The first-order chi connectivity index (χ1) is 8.45. The largest absolute Gasteiger partial charge is 0.394 e. The number of ether oxygens (including phenoxy) is 1. The third-order valence-corrected chi connectivity index (χ3v) is 2.70. The maximum atomic E-state index is 13.5. The van der Waals surface area contributed by atoms with Crippen LogP contribution in [0.25, 0.3) is 0 Å². The van der Waals surface area contributed by atoms with Crippen LogP contribution in [0.4, 0.5) is 8.78 Å². The maximum absolute atomic E-state index is 13.5. The molecule has 0 amide bonds. The Hall–Kier alpha value is -1.58. The SMILES string of the molecule is O=c1[nH]c(=O)n(C2CC(O)C(CO)O2)c(F)c1F. The van der Waals surface area contributed by atoms with Crippen molar-refractivity contribution in [3.8, 4) is 0 Å². The summed E-state index contributed by atoms with van der Waals surface area (Å²) in [5.74, 6) is -3.40. The van der Waals surface area contributed by atoms with E-state index in [0.29, 0.717) is 0 Å². The molecule has 9 heteroatoms. The highest BCUT2D eigenvalue weighted by atomic mass is 19.2. The molecule has 7 nitrogen and oxygen atoms in total. The molecule has 0 saturated carbocycles. The molecule has 18 heavy (non-hydrogen) atoms. The molecule has 1 aromatic rings. The van der Waals surface area contributed by atoms with E-state index >= 15 is 0 Å². The number of aliphatic hydroxyl groups excluding tert-OH is 2. The Morgan fingerprint density at radius 3 is 2.67 bits per heavy atom. The van der Waals surface area contributed by atoms with E-state index in [2.05, 4.69) is 0 Å². The van der Waals surface area contributed by atoms with Crippen molar-refractivity contribution >= 4 is 0 Å². The van der Waals surface area contributed by atoms with E-state index in [4.69, 9.17) is 9.84 Å². The van der Waals surface area contributed by atoms with Gasteiger partial charge in [-0.2, -0.15) is 8.78 Å². The Labute approximate surface area is 98.3 Å². The van der Waals surface area contributed by atoms with Gasteiger partial charge in [0.15, 0.2) is 0 Å². The summed E-state index contributed by atoms with van der Waals surface area (Å²) < 4.78 is 31.8. The highest BCUT2D eigenvalue weighted by Gasteiger charge is 2.36. The summed E-state index contributed by atoms with van der Waals surface area (Å²) in [5.41, 5.74) is -2.65. The Morgan fingerprint density at radius 1 is 1.44 bits per heavy atom. The number of aromatic nitrogens is 2. The van der Waals surface area contributed by atoms with Gasteiger partial charge in [0.05, 0.1) is 12.7 Å². The Morgan fingerprint density at radius 2 is 2.11 bits per heavy atom. The van der Waals surface area contributed by atoms with Crippen LogP contribution in [0.3, 0.4) is 0 Å². The summed E-state index contributed by atoms with van der Waals surface area (Å²) in [4.78, 5) is 23.8. The van der Waals surface area contributed by atoms with Crippen molar-refractivity contribution in [1.29, 1.82) is 0 Å². The molecule has 0 spiro atoms. The van der Waals surface area contributed by atoms with Crippen molar-refractivity contribution in [2.75, 3.05) is 6.61 Å². The van der Waals surface area contributed by atoms with E-state index in [1.54, 1.807) is 4.98 Å². The van der Waals surface area contributed by atoms with Crippen LogP contribution in [0.15, 0.2) is 9.59 Å². The van der Waals surface area contributed by atoms with Gasteiger partial charge < -0.3 is 14.9 Å². The van der Waals surface area contributed by atoms with E-state index in [-0.39, 0.29) is 11.0 Å². The number of hydrogen-bond acceptors (Lipinski definition) is 5. The van der Waals surface area contributed by atoms with Crippen LogP contribution in [0.5, 0.6) is 0 Å². The van der Waals surface area contributed by atoms with Crippen molar-refractivity contribution in [3.05, 3.63) is 32.6 Å². The molecule has 0 aromatic carbocycles. The Balaban J connectivity index is 2.45. The molecule has 100 valence electrons. The van der Waals surface area contributed by atoms with Gasteiger partial charge in [0.2, 0.25) is 11.8 Å². The standard InChI is InChI=1S/C9H10F2N2O5/c10-6-7(11)13(9(17)12-8(6)16)5-1-3(15)4(2-14)18-5/h3-5,14-15H,1-2H2,(H,12,16,17). The predicted molar refractivity (Wildman–Crippen MR) is 52.9 cm³/mol. The number of hydrogen-bond donors (Lipinski definition) is 3. The van der Waals surface area contributed by atoms with Gasteiger partial charge in [-0.3, -0.25) is 9.78 Å². The van der Waals surface area contributed by atoms with Crippen molar-refractivity contribution in [2.24, 2.45) is 0 Å². The van der Waals surface area contributed by atoms with Gasteiger partial charge in [0.1, 0.15) is 12.3 Å². The first kappa shape index (κ1) is 12.9. The lowest BCUT2D eigenvalue weighted by molar-refractivity contribution is -0.0500. The Bertz CT molecular complexity index is 569. The predicted octanol–water partition coefficient (Wildman–Crippen LogP) is -1.54. The first-order valence-corrected chi connectivity index (χ1v) is 5.10. The number of aliphatic hydroxyl groups is 2. The van der Waals surface area contributed by atoms with Crippen molar-refractivity contribution in [3.63, 3.8) is 0 Å². The van der Waals surface area contributed by atoms with Crippen molar-refractivity contribution in [2.45, 2.75) is 24.9 Å². The molecular weight excluding hydrogens is 254 g/mol. The fourth-order valence-corrected chi connectivity index (χ4v) is 1.80.